The van der Waals surface area contributed by atoms with Crippen molar-refractivity contribution in [1.29, 1.82) is 0 Å². The van der Waals surface area contributed by atoms with E-state index in [-0.39, 0.29) is 67.9 Å². The summed E-state index contributed by atoms with van der Waals surface area (Å²) in [6.07, 6.45) is -21.5. The number of hydrogen-bond acceptors (Lipinski definition) is 28. The predicted octanol–water partition coefficient (Wildman–Crippen LogP) is -0.502. The van der Waals surface area contributed by atoms with Crippen LogP contribution in [0.25, 0.3) is 21.8 Å². The summed E-state index contributed by atoms with van der Waals surface area (Å²) in [5.74, 6) is -9.05. The van der Waals surface area contributed by atoms with Crippen LogP contribution in [0.2, 0.25) is 0 Å². The first-order valence-corrected chi connectivity index (χ1v) is 39.8. The number of amides is 3. The highest BCUT2D eigenvalue weighted by Gasteiger charge is 2.55. The molecule has 4 saturated heterocycles. The Balaban J connectivity index is 0.798. The van der Waals surface area contributed by atoms with Crippen LogP contribution in [0.4, 0.5) is 0 Å². The molecule has 35 nitrogen and oxygen atoms in total. The average molecular weight is 1600 g/mol. The molecule has 8 heterocycles. The zero-order chi connectivity index (χ0) is 82.4. The lowest BCUT2D eigenvalue weighted by Crippen LogP contribution is -2.62. The highest BCUT2D eigenvalue weighted by molar-refractivity contribution is 5.95. The number of hydrogen-bond donors (Lipinski definition) is 15. The summed E-state index contributed by atoms with van der Waals surface area (Å²) in [6, 6.07) is 10.7. The Morgan fingerprint density at radius 2 is 1.00 bits per heavy atom. The van der Waals surface area contributed by atoms with Crippen LogP contribution in [0.15, 0.2) is 73.3 Å². The molecule has 4 aromatic heterocycles. The summed E-state index contributed by atoms with van der Waals surface area (Å²) < 4.78 is 56.0. The summed E-state index contributed by atoms with van der Waals surface area (Å²) in [5, 5.41) is 163. The molecule has 35 heteroatoms. The van der Waals surface area contributed by atoms with Gasteiger partial charge in [-0.2, -0.15) is 0 Å². The second-order valence-electron chi connectivity index (χ2n) is 33.0. The molecular formula is C79H115N11O24. The quantitative estimate of drug-likeness (QED) is 0.0275. The van der Waals surface area contributed by atoms with Gasteiger partial charge in [-0.3, -0.25) is 19.2 Å². The van der Waals surface area contributed by atoms with Gasteiger partial charge in [-0.1, -0.05) is 109 Å². The van der Waals surface area contributed by atoms with E-state index in [9.17, 15) is 70.9 Å². The van der Waals surface area contributed by atoms with Crippen molar-refractivity contribution in [2.24, 2.45) is 55.5 Å². The van der Waals surface area contributed by atoms with Gasteiger partial charge in [-0.15, -0.1) is 10.2 Å². The van der Waals surface area contributed by atoms with Crippen molar-refractivity contribution in [3.63, 3.8) is 0 Å². The van der Waals surface area contributed by atoms with E-state index in [4.69, 9.17) is 37.9 Å². The Morgan fingerprint density at radius 1 is 0.518 bits per heavy atom. The van der Waals surface area contributed by atoms with Crippen LogP contribution < -0.4 is 16.0 Å². The van der Waals surface area contributed by atoms with Gasteiger partial charge in [-0.05, 0) is 80.0 Å². The summed E-state index contributed by atoms with van der Waals surface area (Å²) in [5.41, 5.74) is 3.33. The van der Waals surface area contributed by atoms with Crippen LogP contribution in [-0.4, -0.2) is 277 Å². The van der Waals surface area contributed by atoms with Crippen molar-refractivity contribution in [3.05, 3.63) is 95.8 Å². The fourth-order valence-electron chi connectivity index (χ4n) is 17.3. The molecule has 630 valence electrons. The van der Waals surface area contributed by atoms with E-state index in [1.807, 2.05) is 105 Å². The van der Waals surface area contributed by atoms with Gasteiger partial charge in [0.15, 0.2) is 42.8 Å². The summed E-state index contributed by atoms with van der Waals surface area (Å²) in [7, 11) is 3.74. The number of para-hydroxylation sites is 2. The van der Waals surface area contributed by atoms with Crippen LogP contribution in [-0.2, 0) is 104 Å². The molecule has 0 bridgehead atoms. The molecule has 17 unspecified atom stereocenters. The minimum absolute atomic E-state index is 0.0212. The van der Waals surface area contributed by atoms with Crippen LogP contribution in [0.1, 0.15) is 130 Å². The van der Waals surface area contributed by atoms with Crippen molar-refractivity contribution in [2.75, 3.05) is 0 Å². The number of fused-ring (bicyclic) bond motifs is 2. The van der Waals surface area contributed by atoms with Crippen LogP contribution in [0.5, 0.6) is 0 Å². The predicted molar refractivity (Wildman–Crippen MR) is 402 cm³/mol. The molecule has 114 heavy (non-hydrogen) atoms. The molecule has 2 aromatic carbocycles. The Kier molecular flexibility index (Phi) is 27.4. The number of aromatic nitrogens is 8. The molecule has 33 atom stereocenters. The van der Waals surface area contributed by atoms with Gasteiger partial charge in [0.1, 0.15) is 78.9 Å². The number of rotatable bonds is 28. The van der Waals surface area contributed by atoms with Crippen LogP contribution >= 0.6 is 0 Å². The molecule has 2 aliphatic carbocycles. The zero-order valence-electron chi connectivity index (χ0n) is 66.3. The Morgan fingerprint density at radius 3 is 1.55 bits per heavy atom. The molecule has 6 fully saturated rings. The number of nitrogens with one attached hydrogen (secondary N) is 3. The van der Waals surface area contributed by atoms with E-state index in [0.29, 0.717) is 25.7 Å². The third kappa shape index (κ3) is 18.3. The summed E-state index contributed by atoms with van der Waals surface area (Å²) in [4.78, 5) is 59.5. The smallest absolute Gasteiger partial charge is 0.249 e. The van der Waals surface area contributed by atoms with E-state index in [2.05, 4.69) is 36.6 Å². The summed E-state index contributed by atoms with van der Waals surface area (Å²) in [6.45, 7) is 16.4. The SMILES string of the molecule is CCC1O[C@H](OC2C[C@@](O)(O[C@H]3OC(Cn4cc(C(NC(=O)C(Cc5cn(CC6OC(O[C@@H]7C(O)C(O[C@H]8OC(CC)[C@@H](O)C(O)C8O)[C@@H](C)C[C@H]7C)[C@@H](O)[C@@H](C)[C@@H]6O)nn5)NC(=O)C(C)Cc5cn(C)c6ccccc56)C(=O)NC(Cc5cn(C)c6ccccc56)C(C)=O)nn4)[C@@H](O)[C@H](C)C3O)[C@H](C)C[C@@H]2C)C(O)C(O)[C@@H]1O. The highest BCUT2D eigenvalue weighted by Crippen LogP contribution is 2.44. The fraction of sp³-hybridized carbons (Fsp3) is 0.696. The van der Waals surface area contributed by atoms with E-state index >= 15 is 9.59 Å². The number of nitrogens with zero attached hydrogens (tertiary/aromatic N) is 8. The van der Waals surface area contributed by atoms with Gasteiger partial charge in [0, 0.05) is 97.4 Å². The molecule has 6 aromatic rings. The minimum Gasteiger partial charge on any atom is -0.390 e. The molecule has 2 saturated carbocycles. The van der Waals surface area contributed by atoms with Crippen molar-refractivity contribution >= 4 is 45.3 Å². The van der Waals surface area contributed by atoms with Gasteiger partial charge < -0.3 is 124 Å². The van der Waals surface area contributed by atoms with E-state index in [0.717, 1.165) is 32.9 Å². The van der Waals surface area contributed by atoms with Crippen molar-refractivity contribution in [2.45, 2.75) is 293 Å². The number of benzene rings is 2. The van der Waals surface area contributed by atoms with Crippen molar-refractivity contribution in [3.8, 4) is 0 Å². The number of Topliss-reactive ketones (excluding diaryl/α,β-unsaturated/α-hetero) is 1. The second-order valence-corrected chi connectivity index (χ2v) is 33.0. The number of aliphatic hydroxyl groups excluding tert-OH is 11. The average Bonchev–Trinajstić information content (AvgIpc) is 1.16. The number of aryl methyl sites for hydroxylation is 2. The van der Waals surface area contributed by atoms with E-state index < -0.39 is 206 Å². The number of carbonyl (C=O) groups is 4. The summed E-state index contributed by atoms with van der Waals surface area (Å²) >= 11 is 0. The zero-order valence-corrected chi connectivity index (χ0v) is 66.3. The monoisotopic (exact) mass is 1600 g/mol. The van der Waals surface area contributed by atoms with Gasteiger partial charge in [0.25, 0.3) is 0 Å². The molecule has 12 rings (SSSR count). The van der Waals surface area contributed by atoms with Gasteiger partial charge in [0.2, 0.25) is 17.7 Å². The molecule has 15 N–H and O–H groups in total. The van der Waals surface area contributed by atoms with Crippen molar-refractivity contribution < 1.29 is 118 Å². The first kappa shape index (κ1) is 86.4. The molecule has 0 spiro atoms. The Bertz CT molecular complexity index is 4250. The lowest BCUT2D eigenvalue weighted by atomic mass is 9.76. The van der Waals surface area contributed by atoms with Crippen LogP contribution in [0, 0.1) is 41.4 Å². The minimum atomic E-state index is -2.05. The van der Waals surface area contributed by atoms with Gasteiger partial charge >= 0.3 is 0 Å². The topological polar surface area (TPSA) is 492 Å². The largest absolute Gasteiger partial charge is 0.390 e. The first-order valence-electron chi connectivity index (χ1n) is 39.8. The number of ketones is 1. The maximum Gasteiger partial charge on any atom is 0.249 e. The van der Waals surface area contributed by atoms with Gasteiger partial charge in [-0.25, -0.2) is 9.36 Å². The molecular weight excluding hydrogens is 1490 g/mol. The molecule has 4 aliphatic heterocycles. The molecule has 6 aliphatic rings. The lowest BCUT2D eigenvalue weighted by Gasteiger charge is -2.50. The second kappa shape index (κ2) is 36.1. The Hall–Kier alpha value is -6.92. The number of carbonyl (C=O) groups excluding carboxylic acids is 4. The van der Waals surface area contributed by atoms with Crippen molar-refractivity contribution in [1.82, 2.24) is 55.1 Å². The first-order chi connectivity index (χ1) is 54.1. The fourth-order valence-corrected chi connectivity index (χ4v) is 17.3. The number of aliphatic hydroxyl groups is 12. The third-order valence-electron chi connectivity index (χ3n) is 24.5. The highest BCUT2D eigenvalue weighted by atomic mass is 16.8. The Labute approximate surface area is 660 Å². The normalized spacial score (nSPS) is 37.3. The van der Waals surface area contributed by atoms with E-state index in [1.165, 1.54) is 28.7 Å². The third-order valence-corrected chi connectivity index (χ3v) is 24.5. The molecule has 0 radical (unpaired) electrons. The maximum absolute atomic E-state index is 15.6. The van der Waals surface area contributed by atoms with E-state index in [1.54, 1.807) is 41.5 Å². The molecule has 3 amide bonds. The van der Waals surface area contributed by atoms with Crippen LogP contribution in [0.3, 0.4) is 0 Å². The number of ether oxygens (including phenoxy) is 8. The maximum atomic E-state index is 15.6. The van der Waals surface area contributed by atoms with Gasteiger partial charge in [0.05, 0.1) is 73.7 Å². The standard InChI is InChI=1S/C79H115N11O24/c1-13-53-63(96)65(98)67(100)76(107-53)109-55-28-79(106,39(7)24-35(55)3)114-78-62(95)41(9)60(93)57(111-78)34-90-32-50(84-86-90)58(74(105)80-48(42(10)91)26-44-30-88(12)52-22-18-16-20-47(44)52)82-73(104)49(81-72(103)38(6)25-43-29-87(11)51-21-17-15-19-46(43)51)27-45-31-89(85-83-45)33-56-59(92)40(8)61(94)75(110-56)112-70-36(4)23-37(5)71(69(70)102)113-77-68(101)66(99)64(97)54(14-2)108-77/h15-22,29-32,35-41,48-49,53-71,75-78,92-102,106H,13-14,23-28,33-34H2,1-12H3,(H,80,105)(H,81,103)(H,82,104)/t35-,36+,37-,38?,39+,40-,41-,48?,49?,53?,54?,55?,56?,57?,58?,59-,60-,61-,62?,63+,64+,65?,66?,67?,68?,69?,70-,71?,75?,76+,77+,78+,79+/m0/s1. The lowest BCUT2D eigenvalue weighted by molar-refractivity contribution is -0.385.